The maximum absolute atomic E-state index is 12.5. The normalized spacial score (nSPS) is 29.8. The van der Waals surface area contributed by atoms with Gasteiger partial charge < -0.3 is 14.6 Å². The van der Waals surface area contributed by atoms with Gasteiger partial charge in [-0.3, -0.25) is 4.79 Å². The molecule has 2 aliphatic heterocycles. The SMILES string of the molecule is CN(C1COCC1C(=O)O)S(=O)(=O)C1CCOCC1. The first-order valence-electron chi connectivity index (χ1n) is 6.29. The lowest BCUT2D eigenvalue weighted by molar-refractivity contribution is -0.142. The molecule has 0 bridgehead atoms. The minimum Gasteiger partial charge on any atom is -0.481 e. The number of likely N-dealkylation sites (N-methyl/N-ethyl adjacent to an activating group) is 1. The smallest absolute Gasteiger partial charge is 0.310 e. The van der Waals surface area contributed by atoms with Crippen LogP contribution in [0.5, 0.6) is 0 Å². The number of ether oxygens (including phenoxy) is 2. The van der Waals surface area contributed by atoms with Crippen molar-refractivity contribution >= 4 is 16.0 Å². The van der Waals surface area contributed by atoms with Gasteiger partial charge in [0.15, 0.2) is 0 Å². The van der Waals surface area contributed by atoms with Crippen molar-refractivity contribution in [2.24, 2.45) is 5.92 Å². The first-order chi connectivity index (χ1) is 8.94. The summed E-state index contributed by atoms with van der Waals surface area (Å²) in [6.45, 7) is 1.06. The molecule has 0 amide bonds. The molecule has 19 heavy (non-hydrogen) atoms. The molecule has 0 spiro atoms. The Morgan fingerprint density at radius 3 is 2.42 bits per heavy atom. The molecule has 2 rings (SSSR count). The Labute approximate surface area is 112 Å². The summed E-state index contributed by atoms with van der Waals surface area (Å²) in [5.74, 6) is -1.81. The van der Waals surface area contributed by atoms with Gasteiger partial charge >= 0.3 is 5.97 Å². The third kappa shape index (κ3) is 2.91. The van der Waals surface area contributed by atoms with Crippen LogP contribution in [0.4, 0.5) is 0 Å². The molecule has 0 radical (unpaired) electrons. The third-order valence-electron chi connectivity index (χ3n) is 3.83. The molecule has 8 heteroatoms. The molecule has 1 N–H and O–H groups in total. The summed E-state index contributed by atoms with van der Waals surface area (Å²) in [7, 11) is -2.06. The van der Waals surface area contributed by atoms with Gasteiger partial charge in [-0.2, -0.15) is 4.31 Å². The molecule has 2 atom stereocenters. The zero-order chi connectivity index (χ0) is 14.0. The molecule has 2 fully saturated rings. The lowest BCUT2D eigenvalue weighted by Crippen LogP contribution is -2.48. The number of carboxylic acids is 1. The summed E-state index contributed by atoms with van der Waals surface area (Å²) in [4.78, 5) is 11.1. The Hall–Kier alpha value is -0.700. The summed E-state index contributed by atoms with van der Waals surface area (Å²) in [6.07, 6.45) is 0.913. The van der Waals surface area contributed by atoms with Crippen LogP contribution in [0, 0.1) is 5.92 Å². The van der Waals surface area contributed by atoms with Crippen LogP contribution in [0.25, 0.3) is 0 Å². The van der Waals surface area contributed by atoms with E-state index in [2.05, 4.69) is 0 Å². The topological polar surface area (TPSA) is 93.1 Å². The Balaban J connectivity index is 2.13. The van der Waals surface area contributed by atoms with E-state index < -0.39 is 33.2 Å². The van der Waals surface area contributed by atoms with Gasteiger partial charge in [-0.15, -0.1) is 0 Å². The quantitative estimate of drug-likeness (QED) is 0.753. The molecule has 2 heterocycles. The molecule has 7 nitrogen and oxygen atoms in total. The van der Waals surface area contributed by atoms with E-state index >= 15 is 0 Å². The van der Waals surface area contributed by atoms with Crippen molar-refractivity contribution in [1.29, 1.82) is 0 Å². The van der Waals surface area contributed by atoms with Crippen LogP contribution in [-0.2, 0) is 24.3 Å². The Morgan fingerprint density at radius 2 is 1.84 bits per heavy atom. The van der Waals surface area contributed by atoms with Crippen LogP contribution in [0.2, 0.25) is 0 Å². The fourth-order valence-electron chi connectivity index (χ4n) is 2.53. The first kappa shape index (κ1) is 14.7. The first-order valence-corrected chi connectivity index (χ1v) is 7.80. The molecule has 2 unspecified atom stereocenters. The molecule has 0 saturated carbocycles. The molecular formula is C11H19NO6S. The highest BCUT2D eigenvalue weighted by Gasteiger charge is 2.43. The van der Waals surface area contributed by atoms with Gasteiger partial charge in [0.2, 0.25) is 10.0 Å². The summed E-state index contributed by atoms with van der Waals surface area (Å²) >= 11 is 0. The van der Waals surface area contributed by atoms with Crippen molar-refractivity contribution in [3.63, 3.8) is 0 Å². The molecule has 110 valence electrons. The zero-order valence-corrected chi connectivity index (χ0v) is 11.6. The van der Waals surface area contributed by atoms with Crippen molar-refractivity contribution in [3.05, 3.63) is 0 Å². The lowest BCUT2D eigenvalue weighted by Gasteiger charge is -2.31. The highest BCUT2D eigenvalue weighted by Crippen LogP contribution is 2.26. The van der Waals surface area contributed by atoms with Crippen molar-refractivity contribution < 1.29 is 27.8 Å². The Bertz CT molecular complexity index is 430. The summed E-state index contributed by atoms with van der Waals surface area (Å²) in [5, 5.41) is 8.60. The molecular weight excluding hydrogens is 274 g/mol. The standard InChI is InChI=1S/C11H19NO6S/c1-12(10-7-18-6-9(10)11(13)14)19(15,16)8-2-4-17-5-3-8/h8-10H,2-7H2,1H3,(H,13,14). The second kappa shape index (κ2) is 5.74. The molecule has 0 aromatic heterocycles. The second-order valence-corrected chi connectivity index (χ2v) is 7.19. The molecule has 2 saturated heterocycles. The number of rotatable bonds is 4. The highest BCUT2D eigenvalue weighted by atomic mass is 32.2. The minimum atomic E-state index is -3.50. The number of aliphatic carboxylic acids is 1. The van der Waals surface area contributed by atoms with Crippen LogP contribution >= 0.6 is 0 Å². The number of carbonyl (C=O) groups is 1. The van der Waals surface area contributed by atoms with Crippen LogP contribution in [-0.4, -0.2) is 68.6 Å². The number of carboxylic acid groups (broad SMARTS) is 1. The summed E-state index contributed by atoms with van der Waals surface area (Å²) in [5.41, 5.74) is 0. The average molecular weight is 293 g/mol. The van der Waals surface area contributed by atoms with Crippen LogP contribution in [0.3, 0.4) is 0 Å². The van der Waals surface area contributed by atoms with E-state index in [0.717, 1.165) is 0 Å². The van der Waals surface area contributed by atoms with Gasteiger partial charge in [-0.25, -0.2) is 8.42 Å². The molecule has 0 aromatic rings. The van der Waals surface area contributed by atoms with Crippen molar-refractivity contribution in [2.75, 3.05) is 33.5 Å². The second-order valence-electron chi connectivity index (χ2n) is 4.92. The van der Waals surface area contributed by atoms with E-state index in [0.29, 0.717) is 26.1 Å². The summed E-state index contributed by atoms with van der Waals surface area (Å²) in [6, 6.07) is -0.620. The van der Waals surface area contributed by atoms with Gasteiger partial charge in [-0.1, -0.05) is 0 Å². The Kier molecular flexibility index (Phi) is 4.44. The van der Waals surface area contributed by atoms with Gasteiger partial charge in [0.05, 0.1) is 30.4 Å². The van der Waals surface area contributed by atoms with Gasteiger partial charge in [-0.05, 0) is 12.8 Å². The van der Waals surface area contributed by atoms with Crippen LogP contribution in [0.15, 0.2) is 0 Å². The average Bonchev–Trinajstić information content (AvgIpc) is 2.88. The molecule has 0 aliphatic carbocycles. The molecule has 0 aromatic carbocycles. The monoisotopic (exact) mass is 293 g/mol. The van der Waals surface area contributed by atoms with E-state index in [1.54, 1.807) is 0 Å². The maximum atomic E-state index is 12.5. The number of hydrogen-bond acceptors (Lipinski definition) is 5. The van der Waals surface area contributed by atoms with Gasteiger partial charge in [0, 0.05) is 20.3 Å². The lowest BCUT2D eigenvalue weighted by atomic mass is 10.1. The van der Waals surface area contributed by atoms with Gasteiger partial charge in [0.25, 0.3) is 0 Å². The van der Waals surface area contributed by atoms with Crippen LogP contribution in [0.1, 0.15) is 12.8 Å². The summed E-state index contributed by atoms with van der Waals surface area (Å²) < 4.78 is 36.4. The van der Waals surface area contributed by atoms with E-state index in [-0.39, 0.29) is 13.2 Å². The van der Waals surface area contributed by atoms with E-state index in [1.807, 2.05) is 0 Å². The third-order valence-corrected chi connectivity index (χ3v) is 6.21. The van der Waals surface area contributed by atoms with E-state index in [1.165, 1.54) is 11.4 Å². The van der Waals surface area contributed by atoms with E-state index in [9.17, 15) is 13.2 Å². The predicted molar refractivity (Wildman–Crippen MR) is 66.3 cm³/mol. The van der Waals surface area contributed by atoms with Crippen LogP contribution < -0.4 is 0 Å². The fraction of sp³-hybridized carbons (Fsp3) is 0.909. The molecule has 2 aliphatic rings. The number of nitrogens with zero attached hydrogens (tertiary/aromatic N) is 1. The van der Waals surface area contributed by atoms with Gasteiger partial charge in [0.1, 0.15) is 0 Å². The minimum absolute atomic E-state index is 0.0631. The van der Waals surface area contributed by atoms with Crippen molar-refractivity contribution in [3.8, 4) is 0 Å². The largest absolute Gasteiger partial charge is 0.481 e. The zero-order valence-electron chi connectivity index (χ0n) is 10.8. The highest BCUT2D eigenvalue weighted by molar-refractivity contribution is 7.89. The van der Waals surface area contributed by atoms with Crippen molar-refractivity contribution in [1.82, 2.24) is 4.31 Å². The maximum Gasteiger partial charge on any atom is 0.310 e. The van der Waals surface area contributed by atoms with Crippen molar-refractivity contribution in [2.45, 2.75) is 24.1 Å². The number of sulfonamides is 1. The predicted octanol–water partition coefficient (Wildman–Crippen LogP) is -0.473. The fourth-order valence-corrected chi connectivity index (χ4v) is 4.38. The Morgan fingerprint density at radius 1 is 1.21 bits per heavy atom. The number of hydrogen-bond donors (Lipinski definition) is 1. The van der Waals surface area contributed by atoms with E-state index in [4.69, 9.17) is 14.6 Å².